The second-order valence-corrected chi connectivity index (χ2v) is 4.56. The van der Waals surface area contributed by atoms with Crippen LogP contribution in [-0.4, -0.2) is 61.9 Å². The van der Waals surface area contributed by atoms with E-state index >= 15 is 0 Å². The summed E-state index contributed by atoms with van der Waals surface area (Å²) in [7, 11) is 0. The third kappa shape index (κ3) is 2.90. The Bertz CT molecular complexity index is 263. The lowest BCUT2D eigenvalue weighted by Gasteiger charge is -2.24. The SMILES string of the molecule is O=C1CNC(=S)N1CCC[NH+]1CCOCC1. The first-order valence-corrected chi connectivity index (χ1v) is 6.18. The van der Waals surface area contributed by atoms with Crippen LogP contribution in [0.15, 0.2) is 0 Å². The molecule has 90 valence electrons. The normalized spacial score (nSPS) is 22.6. The summed E-state index contributed by atoms with van der Waals surface area (Å²) in [5, 5.41) is 3.47. The summed E-state index contributed by atoms with van der Waals surface area (Å²) in [4.78, 5) is 14.7. The topological polar surface area (TPSA) is 46.0 Å². The van der Waals surface area contributed by atoms with Gasteiger partial charge >= 0.3 is 0 Å². The van der Waals surface area contributed by atoms with Crippen LogP contribution in [0.3, 0.4) is 0 Å². The number of amides is 1. The molecule has 0 aromatic heterocycles. The van der Waals surface area contributed by atoms with Crippen molar-refractivity contribution in [3.8, 4) is 0 Å². The maximum absolute atomic E-state index is 11.4. The summed E-state index contributed by atoms with van der Waals surface area (Å²) in [6.45, 7) is 6.08. The van der Waals surface area contributed by atoms with E-state index in [1.807, 2.05) is 0 Å². The van der Waals surface area contributed by atoms with Crippen LogP contribution in [0.2, 0.25) is 0 Å². The van der Waals surface area contributed by atoms with Crippen molar-refractivity contribution in [3.05, 3.63) is 0 Å². The van der Waals surface area contributed by atoms with E-state index in [-0.39, 0.29) is 5.91 Å². The highest BCUT2D eigenvalue weighted by molar-refractivity contribution is 7.80. The molecule has 2 fully saturated rings. The molecule has 0 unspecified atom stereocenters. The maximum atomic E-state index is 11.4. The zero-order valence-corrected chi connectivity index (χ0v) is 10.1. The zero-order valence-electron chi connectivity index (χ0n) is 9.33. The van der Waals surface area contributed by atoms with Crippen molar-refractivity contribution in [2.75, 3.05) is 45.9 Å². The van der Waals surface area contributed by atoms with Gasteiger partial charge in [-0.15, -0.1) is 0 Å². The van der Waals surface area contributed by atoms with Crippen molar-refractivity contribution in [3.63, 3.8) is 0 Å². The van der Waals surface area contributed by atoms with Gasteiger partial charge < -0.3 is 15.0 Å². The number of hydrogen-bond acceptors (Lipinski definition) is 3. The van der Waals surface area contributed by atoms with Gasteiger partial charge in [-0.3, -0.25) is 9.69 Å². The van der Waals surface area contributed by atoms with Gasteiger partial charge in [-0.2, -0.15) is 0 Å². The van der Waals surface area contributed by atoms with E-state index in [9.17, 15) is 4.79 Å². The molecule has 2 aliphatic rings. The van der Waals surface area contributed by atoms with Crippen LogP contribution in [0.1, 0.15) is 6.42 Å². The average molecular weight is 244 g/mol. The van der Waals surface area contributed by atoms with Crippen LogP contribution < -0.4 is 10.2 Å². The highest BCUT2D eigenvalue weighted by Gasteiger charge is 2.25. The van der Waals surface area contributed by atoms with Gasteiger partial charge in [0.15, 0.2) is 5.11 Å². The van der Waals surface area contributed by atoms with Crippen molar-refractivity contribution in [1.29, 1.82) is 0 Å². The van der Waals surface area contributed by atoms with Crippen molar-refractivity contribution >= 4 is 23.2 Å². The minimum atomic E-state index is 0.0991. The molecule has 5 nitrogen and oxygen atoms in total. The highest BCUT2D eigenvalue weighted by Crippen LogP contribution is 1.99. The van der Waals surface area contributed by atoms with Crippen LogP contribution in [0.25, 0.3) is 0 Å². The number of nitrogens with zero attached hydrogens (tertiary/aromatic N) is 1. The summed E-state index contributed by atoms with van der Waals surface area (Å²) in [6, 6.07) is 0. The number of carbonyl (C=O) groups is 1. The third-order valence-electron chi connectivity index (χ3n) is 3.05. The Labute approximate surface area is 101 Å². The molecule has 6 heteroatoms. The molecule has 0 spiro atoms. The molecule has 2 aliphatic heterocycles. The largest absolute Gasteiger partial charge is 0.370 e. The zero-order chi connectivity index (χ0) is 11.4. The number of thiocarbonyl (C=S) groups is 1. The number of ether oxygens (including phenoxy) is 1. The minimum absolute atomic E-state index is 0.0991. The Morgan fingerprint density at radius 2 is 2.19 bits per heavy atom. The highest BCUT2D eigenvalue weighted by atomic mass is 32.1. The smallest absolute Gasteiger partial charge is 0.248 e. The summed E-state index contributed by atoms with van der Waals surface area (Å²) in [5.74, 6) is 0.0991. The monoisotopic (exact) mass is 244 g/mol. The van der Waals surface area contributed by atoms with E-state index in [4.69, 9.17) is 17.0 Å². The lowest BCUT2D eigenvalue weighted by Crippen LogP contribution is -3.14. The van der Waals surface area contributed by atoms with E-state index in [1.165, 1.54) is 0 Å². The van der Waals surface area contributed by atoms with Crippen LogP contribution in [0.4, 0.5) is 0 Å². The first-order chi connectivity index (χ1) is 7.77. The second kappa shape index (κ2) is 5.56. The molecule has 2 saturated heterocycles. The number of nitrogens with one attached hydrogen (secondary N) is 2. The van der Waals surface area contributed by atoms with Gasteiger partial charge in [-0.05, 0) is 12.2 Å². The summed E-state index contributed by atoms with van der Waals surface area (Å²) in [5.41, 5.74) is 0. The molecule has 0 saturated carbocycles. The van der Waals surface area contributed by atoms with Gasteiger partial charge in [0, 0.05) is 13.0 Å². The van der Waals surface area contributed by atoms with Gasteiger partial charge in [0.25, 0.3) is 0 Å². The number of quaternary nitrogens is 1. The van der Waals surface area contributed by atoms with E-state index in [1.54, 1.807) is 9.80 Å². The fourth-order valence-electron chi connectivity index (χ4n) is 2.08. The first kappa shape index (κ1) is 11.8. The lowest BCUT2D eigenvalue weighted by molar-refractivity contribution is -0.908. The molecular formula is C10H18N3O2S+. The molecule has 0 aromatic rings. The Kier molecular flexibility index (Phi) is 4.09. The van der Waals surface area contributed by atoms with Crippen LogP contribution in [-0.2, 0) is 9.53 Å². The van der Waals surface area contributed by atoms with E-state index < -0.39 is 0 Å². The molecule has 0 aliphatic carbocycles. The van der Waals surface area contributed by atoms with Crippen LogP contribution >= 0.6 is 12.2 Å². The quantitative estimate of drug-likeness (QED) is 0.562. The molecular weight excluding hydrogens is 226 g/mol. The Morgan fingerprint density at radius 1 is 1.44 bits per heavy atom. The van der Waals surface area contributed by atoms with Crippen molar-refractivity contribution in [2.45, 2.75) is 6.42 Å². The molecule has 2 heterocycles. The van der Waals surface area contributed by atoms with E-state index in [0.29, 0.717) is 11.7 Å². The molecule has 0 bridgehead atoms. The van der Waals surface area contributed by atoms with Gasteiger partial charge in [-0.25, -0.2) is 0 Å². The van der Waals surface area contributed by atoms with Crippen molar-refractivity contribution in [1.82, 2.24) is 10.2 Å². The fourth-order valence-corrected chi connectivity index (χ4v) is 2.34. The van der Waals surface area contributed by atoms with Crippen molar-refractivity contribution < 1.29 is 14.4 Å². The summed E-state index contributed by atoms with van der Waals surface area (Å²) in [6.07, 6.45) is 1.00. The van der Waals surface area contributed by atoms with Crippen LogP contribution in [0, 0.1) is 0 Å². The van der Waals surface area contributed by atoms with Gasteiger partial charge in [0.05, 0.1) is 26.3 Å². The number of hydrogen-bond donors (Lipinski definition) is 2. The first-order valence-electron chi connectivity index (χ1n) is 5.77. The standard InChI is InChI=1S/C10H17N3O2S/c14-9-8-11-10(16)13(9)3-1-2-12-4-6-15-7-5-12/h1-8H2,(H,11,16)/p+1. The molecule has 0 aromatic carbocycles. The van der Waals surface area contributed by atoms with Crippen LogP contribution in [0.5, 0.6) is 0 Å². The lowest BCUT2D eigenvalue weighted by atomic mass is 10.3. The average Bonchev–Trinajstić information content (AvgIpc) is 2.62. The Morgan fingerprint density at radius 3 is 2.81 bits per heavy atom. The molecule has 2 N–H and O–H groups in total. The van der Waals surface area contributed by atoms with Gasteiger partial charge in [0.2, 0.25) is 5.91 Å². The molecule has 0 radical (unpaired) electrons. The number of morpholine rings is 1. The Balaban J connectivity index is 1.67. The summed E-state index contributed by atoms with van der Waals surface area (Å²) < 4.78 is 5.30. The van der Waals surface area contributed by atoms with Gasteiger partial charge in [0.1, 0.15) is 13.1 Å². The molecule has 1 amide bonds. The predicted molar refractivity (Wildman–Crippen MR) is 63.3 cm³/mol. The second-order valence-electron chi connectivity index (χ2n) is 4.17. The summed E-state index contributed by atoms with van der Waals surface area (Å²) >= 11 is 5.05. The van der Waals surface area contributed by atoms with E-state index in [0.717, 1.165) is 45.8 Å². The number of rotatable bonds is 4. The minimum Gasteiger partial charge on any atom is -0.370 e. The van der Waals surface area contributed by atoms with Crippen molar-refractivity contribution in [2.24, 2.45) is 0 Å². The molecule has 2 rings (SSSR count). The van der Waals surface area contributed by atoms with Gasteiger partial charge in [-0.1, -0.05) is 0 Å². The predicted octanol–water partition coefficient (Wildman–Crippen LogP) is -1.99. The molecule has 16 heavy (non-hydrogen) atoms. The van der Waals surface area contributed by atoms with E-state index in [2.05, 4.69) is 5.32 Å². The maximum Gasteiger partial charge on any atom is 0.248 e. The number of carbonyl (C=O) groups excluding carboxylic acids is 1. The third-order valence-corrected chi connectivity index (χ3v) is 3.41. The Hall–Kier alpha value is -0.720. The fraction of sp³-hybridized carbons (Fsp3) is 0.800. The molecule has 0 atom stereocenters.